The summed E-state index contributed by atoms with van der Waals surface area (Å²) in [5, 5.41) is 2.76. The van der Waals surface area contributed by atoms with Crippen molar-refractivity contribution in [3.05, 3.63) is 70.3 Å². The van der Waals surface area contributed by atoms with Gasteiger partial charge >= 0.3 is 6.18 Å². The number of aryl methyl sites for hydroxylation is 1. The minimum atomic E-state index is -4.46. The van der Waals surface area contributed by atoms with E-state index in [9.17, 15) is 18.0 Å². The predicted octanol–water partition coefficient (Wildman–Crippen LogP) is 5.32. The molecule has 1 N–H and O–H groups in total. The van der Waals surface area contributed by atoms with Crippen molar-refractivity contribution in [1.29, 1.82) is 0 Å². The Balaban J connectivity index is 2.15. The number of carbonyl (C=O) groups is 1. The molecule has 2 aromatic carbocycles. The number of anilines is 1. The summed E-state index contributed by atoms with van der Waals surface area (Å²) < 4.78 is 38.0. The van der Waals surface area contributed by atoms with E-state index in [4.69, 9.17) is 11.6 Å². The highest BCUT2D eigenvalue weighted by Gasteiger charge is 2.30. The number of nitrogens with one attached hydrogen (secondary N) is 1. The summed E-state index contributed by atoms with van der Waals surface area (Å²) in [6, 6.07) is 10.1. The molecule has 0 radical (unpaired) electrons. The molecule has 6 heteroatoms. The second kappa shape index (κ2) is 6.87. The molecule has 1 amide bonds. The Labute approximate surface area is 136 Å². The third-order valence-corrected chi connectivity index (χ3v) is 3.37. The predicted molar refractivity (Wildman–Crippen MR) is 85.3 cm³/mol. The van der Waals surface area contributed by atoms with Gasteiger partial charge in [-0.2, -0.15) is 13.2 Å². The Morgan fingerprint density at radius 2 is 1.91 bits per heavy atom. The molecule has 0 bridgehead atoms. The van der Waals surface area contributed by atoms with E-state index in [1.54, 1.807) is 18.2 Å². The van der Waals surface area contributed by atoms with Gasteiger partial charge in [-0.1, -0.05) is 23.7 Å². The van der Waals surface area contributed by atoms with E-state index in [-0.39, 0.29) is 10.6 Å². The summed E-state index contributed by atoms with van der Waals surface area (Å²) in [6.45, 7) is 1.88. The molecule has 0 unspecified atom stereocenters. The molecule has 2 nitrogen and oxygen atoms in total. The number of carbonyl (C=O) groups excluding carboxylic acids is 1. The van der Waals surface area contributed by atoms with Crippen LogP contribution in [0.25, 0.3) is 6.08 Å². The maximum atomic E-state index is 12.7. The normalized spacial score (nSPS) is 11.7. The first-order valence-corrected chi connectivity index (χ1v) is 7.06. The van der Waals surface area contributed by atoms with E-state index in [1.807, 2.05) is 13.0 Å². The first-order chi connectivity index (χ1) is 10.8. The second-order valence-electron chi connectivity index (χ2n) is 4.93. The minimum Gasteiger partial charge on any atom is -0.323 e. The van der Waals surface area contributed by atoms with Gasteiger partial charge in [0.25, 0.3) is 0 Å². The van der Waals surface area contributed by atoms with Crippen LogP contribution in [-0.2, 0) is 11.0 Å². The van der Waals surface area contributed by atoms with Gasteiger partial charge in [0.2, 0.25) is 5.91 Å². The average Bonchev–Trinajstić information content (AvgIpc) is 2.45. The lowest BCUT2D eigenvalue weighted by atomic mass is 10.1. The Hall–Kier alpha value is -2.27. The Morgan fingerprint density at radius 1 is 1.17 bits per heavy atom. The van der Waals surface area contributed by atoms with E-state index in [0.29, 0.717) is 5.69 Å². The fraction of sp³-hybridized carbons (Fsp3) is 0.118. The standard InChI is InChI=1S/C17H13ClF3NO/c1-11-3-2-4-14(9-11)22-16(23)8-5-12-10-13(17(19,20)21)6-7-15(12)18/h2-10H,1H3,(H,22,23)/b8-5+. The molecule has 0 saturated carbocycles. The lowest BCUT2D eigenvalue weighted by Gasteiger charge is -2.08. The van der Waals surface area contributed by atoms with E-state index in [0.717, 1.165) is 29.8 Å². The maximum Gasteiger partial charge on any atom is 0.416 e. The third-order valence-electron chi connectivity index (χ3n) is 3.02. The first kappa shape index (κ1) is 17.1. The summed E-state index contributed by atoms with van der Waals surface area (Å²) in [4.78, 5) is 11.8. The van der Waals surface area contributed by atoms with E-state index in [1.165, 1.54) is 6.08 Å². The molecule has 0 heterocycles. The van der Waals surface area contributed by atoms with Crippen molar-refractivity contribution in [3.63, 3.8) is 0 Å². The molecule has 0 atom stereocenters. The fourth-order valence-electron chi connectivity index (χ4n) is 1.92. The van der Waals surface area contributed by atoms with Crippen LogP contribution in [0.2, 0.25) is 5.02 Å². The van der Waals surface area contributed by atoms with Gasteiger partial charge in [-0.05, 0) is 54.5 Å². The monoisotopic (exact) mass is 339 g/mol. The Bertz CT molecular complexity index is 754. The van der Waals surface area contributed by atoms with Crippen molar-refractivity contribution in [2.45, 2.75) is 13.1 Å². The first-order valence-electron chi connectivity index (χ1n) is 6.68. The number of halogens is 4. The van der Waals surface area contributed by atoms with Gasteiger partial charge in [0, 0.05) is 16.8 Å². The van der Waals surface area contributed by atoms with Crippen LogP contribution in [0.1, 0.15) is 16.7 Å². The van der Waals surface area contributed by atoms with Crippen molar-refractivity contribution in [2.75, 3.05) is 5.32 Å². The summed E-state index contributed by atoms with van der Waals surface area (Å²) in [7, 11) is 0. The highest BCUT2D eigenvalue weighted by Crippen LogP contribution is 2.32. The van der Waals surface area contributed by atoms with Gasteiger partial charge in [0.05, 0.1) is 5.56 Å². The van der Waals surface area contributed by atoms with Crippen molar-refractivity contribution in [3.8, 4) is 0 Å². The molecule has 0 aromatic heterocycles. The van der Waals surface area contributed by atoms with Gasteiger partial charge in [-0.3, -0.25) is 4.79 Å². The number of hydrogen-bond acceptors (Lipinski definition) is 1. The smallest absolute Gasteiger partial charge is 0.323 e. The molecular formula is C17H13ClF3NO. The second-order valence-corrected chi connectivity index (χ2v) is 5.33. The quantitative estimate of drug-likeness (QED) is 0.753. The van der Waals surface area contributed by atoms with E-state index >= 15 is 0 Å². The van der Waals surface area contributed by atoms with Crippen LogP contribution in [0.4, 0.5) is 18.9 Å². The van der Waals surface area contributed by atoms with Crippen molar-refractivity contribution >= 4 is 29.3 Å². The van der Waals surface area contributed by atoms with Crippen LogP contribution in [0.15, 0.2) is 48.5 Å². The fourth-order valence-corrected chi connectivity index (χ4v) is 2.10. The van der Waals surface area contributed by atoms with Crippen LogP contribution in [0.5, 0.6) is 0 Å². The molecule has 0 saturated heterocycles. The molecule has 120 valence electrons. The van der Waals surface area contributed by atoms with E-state index in [2.05, 4.69) is 5.32 Å². The minimum absolute atomic E-state index is 0.126. The van der Waals surface area contributed by atoms with Crippen molar-refractivity contribution < 1.29 is 18.0 Å². The van der Waals surface area contributed by atoms with Crippen LogP contribution < -0.4 is 5.32 Å². The van der Waals surface area contributed by atoms with Gasteiger partial charge in [-0.25, -0.2) is 0 Å². The Kier molecular flexibility index (Phi) is 5.11. The molecule has 0 fully saturated rings. The SMILES string of the molecule is Cc1cccc(NC(=O)/C=C/c2cc(C(F)(F)F)ccc2Cl)c1. The molecule has 0 aliphatic carbocycles. The molecule has 23 heavy (non-hydrogen) atoms. The number of amides is 1. The van der Waals surface area contributed by atoms with Crippen molar-refractivity contribution in [2.24, 2.45) is 0 Å². The van der Waals surface area contributed by atoms with Crippen LogP contribution in [-0.4, -0.2) is 5.91 Å². The summed E-state index contributed by atoms with van der Waals surface area (Å²) in [5.74, 6) is -0.455. The van der Waals surface area contributed by atoms with Crippen LogP contribution in [0, 0.1) is 6.92 Å². The van der Waals surface area contributed by atoms with Gasteiger partial charge in [-0.15, -0.1) is 0 Å². The molecule has 2 rings (SSSR count). The molecule has 0 aliphatic rings. The lowest BCUT2D eigenvalue weighted by molar-refractivity contribution is -0.137. The molecule has 0 aliphatic heterocycles. The van der Waals surface area contributed by atoms with Crippen LogP contribution >= 0.6 is 11.6 Å². The summed E-state index contributed by atoms with van der Waals surface area (Å²) >= 11 is 5.86. The third kappa shape index (κ3) is 4.86. The summed E-state index contributed by atoms with van der Waals surface area (Å²) in [6.07, 6.45) is -2.07. The molecule has 2 aromatic rings. The highest BCUT2D eigenvalue weighted by atomic mass is 35.5. The number of benzene rings is 2. The number of rotatable bonds is 3. The van der Waals surface area contributed by atoms with E-state index < -0.39 is 17.6 Å². The topological polar surface area (TPSA) is 29.1 Å². The maximum absolute atomic E-state index is 12.7. The number of hydrogen-bond donors (Lipinski definition) is 1. The highest BCUT2D eigenvalue weighted by molar-refractivity contribution is 6.32. The van der Waals surface area contributed by atoms with Gasteiger partial charge < -0.3 is 5.32 Å². The zero-order chi connectivity index (χ0) is 17.0. The van der Waals surface area contributed by atoms with Gasteiger partial charge in [0.1, 0.15) is 0 Å². The molecular weight excluding hydrogens is 327 g/mol. The Morgan fingerprint density at radius 3 is 2.57 bits per heavy atom. The number of alkyl halides is 3. The zero-order valence-corrected chi connectivity index (χ0v) is 12.9. The lowest BCUT2D eigenvalue weighted by Crippen LogP contribution is -2.08. The average molecular weight is 340 g/mol. The van der Waals surface area contributed by atoms with Gasteiger partial charge in [0.15, 0.2) is 0 Å². The largest absolute Gasteiger partial charge is 0.416 e. The zero-order valence-electron chi connectivity index (χ0n) is 12.1. The summed E-state index contributed by atoms with van der Waals surface area (Å²) in [5.41, 5.74) is 0.893. The molecule has 0 spiro atoms. The van der Waals surface area contributed by atoms with Crippen molar-refractivity contribution in [1.82, 2.24) is 0 Å². The van der Waals surface area contributed by atoms with Crippen LogP contribution in [0.3, 0.4) is 0 Å².